The summed E-state index contributed by atoms with van der Waals surface area (Å²) in [5.74, 6) is -0.295. The highest BCUT2D eigenvalue weighted by atomic mass is 16.5. The van der Waals surface area contributed by atoms with Crippen molar-refractivity contribution in [2.45, 2.75) is 39.2 Å². The van der Waals surface area contributed by atoms with Gasteiger partial charge in [-0.15, -0.1) is 0 Å². The summed E-state index contributed by atoms with van der Waals surface area (Å²) in [6.45, 7) is 3.57. The van der Waals surface area contributed by atoms with Gasteiger partial charge < -0.3 is 4.74 Å². The van der Waals surface area contributed by atoms with Crippen molar-refractivity contribution in [2.24, 2.45) is 23.7 Å². The van der Waals surface area contributed by atoms with Crippen LogP contribution in [0.4, 0.5) is 0 Å². The number of carbonyl (C=O) groups is 3. The van der Waals surface area contributed by atoms with E-state index in [0.717, 1.165) is 29.8 Å². The van der Waals surface area contributed by atoms with E-state index in [0.29, 0.717) is 17.6 Å². The lowest BCUT2D eigenvalue weighted by Crippen LogP contribution is -2.51. The van der Waals surface area contributed by atoms with Crippen molar-refractivity contribution in [3.8, 4) is 5.75 Å². The van der Waals surface area contributed by atoms with Gasteiger partial charge in [-0.1, -0.05) is 17.7 Å². The Morgan fingerprint density at radius 1 is 1.12 bits per heavy atom. The van der Waals surface area contributed by atoms with Crippen LogP contribution in [0.25, 0.3) is 0 Å². The molecule has 1 aromatic carbocycles. The van der Waals surface area contributed by atoms with E-state index in [1.807, 2.05) is 19.1 Å². The molecule has 0 spiro atoms. The van der Waals surface area contributed by atoms with Crippen molar-refractivity contribution in [1.29, 1.82) is 0 Å². The molecule has 6 heteroatoms. The van der Waals surface area contributed by atoms with Gasteiger partial charge in [0.2, 0.25) is 0 Å². The number of nitrogens with one attached hydrogen (secondary N) is 1. The summed E-state index contributed by atoms with van der Waals surface area (Å²) in [6.07, 6.45) is 2.20. The second-order valence-electron chi connectivity index (χ2n) is 7.45. The molecule has 3 aliphatic rings. The molecule has 0 aromatic heterocycles. The zero-order valence-electron chi connectivity index (χ0n) is 14.4. The molecule has 2 saturated carbocycles. The Morgan fingerprint density at radius 3 is 2.24 bits per heavy atom. The number of rotatable bonds is 4. The number of hydrazine groups is 1. The van der Waals surface area contributed by atoms with E-state index in [2.05, 4.69) is 5.43 Å². The molecule has 1 aromatic rings. The zero-order chi connectivity index (χ0) is 17.7. The van der Waals surface area contributed by atoms with Crippen molar-refractivity contribution < 1.29 is 19.1 Å². The first-order chi connectivity index (χ1) is 12.0. The van der Waals surface area contributed by atoms with Crippen molar-refractivity contribution in [1.82, 2.24) is 10.4 Å². The molecule has 2 aliphatic carbocycles. The monoisotopic (exact) mass is 342 g/mol. The predicted molar refractivity (Wildman–Crippen MR) is 89.1 cm³/mol. The number of carbonyl (C=O) groups excluding carboxylic acids is 3. The summed E-state index contributed by atoms with van der Waals surface area (Å²) in [6, 6.07) is 7.36. The number of fused-ring (bicyclic) bond motifs is 5. The maximum atomic E-state index is 12.6. The second-order valence-corrected chi connectivity index (χ2v) is 7.45. The third-order valence-electron chi connectivity index (χ3n) is 5.85. The van der Waals surface area contributed by atoms with Gasteiger partial charge in [-0.25, -0.2) is 0 Å². The van der Waals surface area contributed by atoms with Crippen LogP contribution in [0.1, 0.15) is 31.7 Å². The molecule has 3 amide bonds. The van der Waals surface area contributed by atoms with Crippen molar-refractivity contribution in [3.63, 3.8) is 0 Å². The normalized spacial score (nSPS) is 31.2. The number of nitrogens with zero attached hydrogens (tertiary/aromatic N) is 1. The minimum Gasteiger partial charge on any atom is -0.481 e. The number of hydrogen-bond acceptors (Lipinski definition) is 4. The number of imide groups is 1. The molecule has 5 atom stereocenters. The van der Waals surface area contributed by atoms with Crippen LogP contribution < -0.4 is 10.2 Å². The molecule has 0 radical (unpaired) electrons. The standard InChI is InChI=1S/C19H22N2O4/c1-10-3-7-14(8-4-10)25-11(2)17(22)20-21-18(23)15-12-5-6-13(9-12)16(15)19(21)24/h3-4,7-8,11-13,15-16H,5-6,9H2,1-2H3,(H,20,22). The van der Waals surface area contributed by atoms with Gasteiger partial charge in [0.15, 0.2) is 6.10 Å². The fourth-order valence-corrected chi connectivity index (χ4v) is 4.59. The Balaban J connectivity index is 1.41. The number of amides is 3. The van der Waals surface area contributed by atoms with Gasteiger partial charge in [-0.3, -0.25) is 19.8 Å². The summed E-state index contributed by atoms with van der Waals surface area (Å²) >= 11 is 0. The summed E-state index contributed by atoms with van der Waals surface area (Å²) in [5.41, 5.74) is 3.57. The summed E-state index contributed by atoms with van der Waals surface area (Å²) in [5, 5.41) is 0.942. The average molecular weight is 342 g/mol. The van der Waals surface area contributed by atoms with Gasteiger partial charge in [0.05, 0.1) is 11.8 Å². The fourth-order valence-electron chi connectivity index (χ4n) is 4.59. The van der Waals surface area contributed by atoms with Crippen LogP contribution >= 0.6 is 0 Å². The second kappa shape index (κ2) is 5.86. The third kappa shape index (κ3) is 2.60. The predicted octanol–water partition coefficient (Wildman–Crippen LogP) is 1.82. The molecule has 132 valence electrons. The van der Waals surface area contributed by atoms with E-state index in [-0.39, 0.29) is 23.7 Å². The van der Waals surface area contributed by atoms with E-state index in [4.69, 9.17) is 4.74 Å². The van der Waals surface area contributed by atoms with Gasteiger partial charge >= 0.3 is 0 Å². The number of aryl methyl sites for hydroxylation is 1. The maximum absolute atomic E-state index is 12.6. The van der Waals surface area contributed by atoms with E-state index in [9.17, 15) is 14.4 Å². The van der Waals surface area contributed by atoms with Crippen molar-refractivity contribution in [3.05, 3.63) is 29.8 Å². The van der Waals surface area contributed by atoms with Gasteiger partial charge in [0, 0.05) is 0 Å². The largest absolute Gasteiger partial charge is 0.481 e. The lowest BCUT2D eigenvalue weighted by atomic mass is 9.81. The molecular weight excluding hydrogens is 320 g/mol. The number of hydrogen-bond donors (Lipinski definition) is 1. The van der Waals surface area contributed by atoms with Crippen LogP contribution in [-0.2, 0) is 14.4 Å². The quantitative estimate of drug-likeness (QED) is 0.847. The Morgan fingerprint density at radius 2 is 1.68 bits per heavy atom. The number of ether oxygens (including phenoxy) is 1. The van der Waals surface area contributed by atoms with E-state index in [1.165, 1.54) is 0 Å². The van der Waals surface area contributed by atoms with Crippen LogP contribution in [0.3, 0.4) is 0 Å². The molecule has 1 aliphatic heterocycles. The maximum Gasteiger partial charge on any atom is 0.279 e. The van der Waals surface area contributed by atoms with Crippen molar-refractivity contribution >= 4 is 17.7 Å². The Labute approximate surface area is 146 Å². The molecule has 25 heavy (non-hydrogen) atoms. The Kier molecular flexibility index (Phi) is 3.78. The first kappa shape index (κ1) is 16.1. The van der Waals surface area contributed by atoms with Gasteiger partial charge in [0.1, 0.15) is 5.75 Å². The molecule has 1 saturated heterocycles. The molecule has 6 nitrogen and oxygen atoms in total. The van der Waals surface area contributed by atoms with Crippen LogP contribution in [0.2, 0.25) is 0 Å². The van der Waals surface area contributed by atoms with Gasteiger partial charge in [-0.2, -0.15) is 5.01 Å². The van der Waals surface area contributed by atoms with Crippen LogP contribution in [0.15, 0.2) is 24.3 Å². The summed E-state index contributed by atoms with van der Waals surface area (Å²) in [7, 11) is 0. The topological polar surface area (TPSA) is 75.7 Å². The first-order valence-corrected chi connectivity index (χ1v) is 8.87. The third-order valence-corrected chi connectivity index (χ3v) is 5.85. The molecule has 1 heterocycles. The SMILES string of the molecule is Cc1ccc(OC(C)C(=O)NN2C(=O)C3C4CCC(C4)C3C2=O)cc1. The highest BCUT2D eigenvalue weighted by Gasteiger charge is 2.61. The molecule has 3 fully saturated rings. The lowest BCUT2D eigenvalue weighted by molar-refractivity contribution is -0.151. The average Bonchev–Trinajstić information content (AvgIpc) is 3.26. The van der Waals surface area contributed by atoms with Crippen LogP contribution in [0, 0.1) is 30.6 Å². The van der Waals surface area contributed by atoms with E-state index in [1.54, 1.807) is 19.1 Å². The molecule has 5 unspecified atom stereocenters. The molecule has 4 rings (SSSR count). The Hall–Kier alpha value is -2.37. The van der Waals surface area contributed by atoms with E-state index < -0.39 is 12.0 Å². The Bertz CT molecular complexity index is 701. The summed E-state index contributed by atoms with van der Waals surface area (Å²) < 4.78 is 5.60. The zero-order valence-corrected chi connectivity index (χ0v) is 14.4. The first-order valence-electron chi connectivity index (χ1n) is 8.87. The van der Waals surface area contributed by atoms with Crippen LogP contribution in [-0.4, -0.2) is 28.8 Å². The van der Waals surface area contributed by atoms with Crippen molar-refractivity contribution in [2.75, 3.05) is 0 Å². The minimum absolute atomic E-state index is 0.236. The fraction of sp³-hybridized carbons (Fsp3) is 0.526. The van der Waals surface area contributed by atoms with Crippen LogP contribution in [0.5, 0.6) is 5.75 Å². The van der Waals surface area contributed by atoms with Gasteiger partial charge in [0.25, 0.3) is 17.7 Å². The van der Waals surface area contributed by atoms with Gasteiger partial charge in [-0.05, 0) is 57.1 Å². The molecule has 1 N–H and O–H groups in total. The molecule has 2 bridgehead atoms. The van der Waals surface area contributed by atoms with E-state index >= 15 is 0 Å². The highest BCUT2D eigenvalue weighted by molar-refractivity contribution is 6.07. The highest BCUT2D eigenvalue weighted by Crippen LogP contribution is 2.55. The number of benzene rings is 1. The minimum atomic E-state index is -0.805. The summed E-state index contributed by atoms with van der Waals surface area (Å²) in [4.78, 5) is 37.6. The smallest absolute Gasteiger partial charge is 0.279 e. The lowest BCUT2D eigenvalue weighted by Gasteiger charge is -2.21. The molecular formula is C19H22N2O4.